The van der Waals surface area contributed by atoms with Crippen LogP contribution in [0, 0.1) is 5.92 Å². The molecule has 2 N–H and O–H groups in total. The molecule has 0 bridgehead atoms. The summed E-state index contributed by atoms with van der Waals surface area (Å²) in [6.07, 6.45) is 4.74. The van der Waals surface area contributed by atoms with Gasteiger partial charge in [-0.15, -0.1) is 0 Å². The highest BCUT2D eigenvalue weighted by molar-refractivity contribution is 4.72. The first-order valence-corrected chi connectivity index (χ1v) is 5.83. The van der Waals surface area contributed by atoms with Crippen molar-refractivity contribution in [2.75, 3.05) is 39.8 Å². The SMILES string of the molecule is CN1CCCC(CNCCCCO)C1. The molecule has 14 heavy (non-hydrogen) atoms. The molecule has 1 saturated heterocycles. The van der Waals surface area contributed by atoms with Gasteiger partial charge in [0.1, 0.15) is 0 Å². The van der Waals surface area contributed by atoms with Crippen molar-refractivity contribution in [1.82, 2.24) is 10.2 Å². The van der Waals surface area contributed by atoms with Gasteiger partial charge in [0.25, 0.3) is 0 Å². The van der Waals surface area contributed by atoms with Gasteiger partial charge in [0.05, 0.1) is 0 Å². The lowest BCUT2D eigenvalue weighted by Gasteiger charge is -2.29. The number of likely N-dealkylation sites (tertiary alicyclic amines) is 1. The van der Waals surface area contributed by atoms with Gasteiger partial charge in [-0.25, -0.2) is 0 Å². The van der Waals surface area contributed by atoms with E-state index >= 15 is 0 Å². The summed E-state index contributed by atoms with van der Waals surface area (Å²) in [5, 5.41) is 12.1. The van der Waals surface area contributed by atoms with Gasteiger partial charge in [-0.1, -0.05) is 0 Å². The van der Waals surface area contributed by atoms with Crippen LogP contribution in [-0.4, -0.2) is 49.8 Å². The monoisotopic (exact) mass is 200 g/mol. The fourth-order valence-corrected chi connectivity index (χ4v) is 2.11. The molecule has 0 amide bonds. The minimum absolute atomic E-state index is 0.327. The zero-order valence-electron chi connectivity index (χ0n) is 9.34. The standard InChI is InChI=1S/C11H24N2O/c1-13-7-4-5-11(10-13)9-12-6-2-3-8-14/h11-12,14H,2-10H2,1H3. The van der Waals surface area contributed by atoms with E-state index in [4.69, 9.17) is 5.11 Å². The fourth-order valence-electron chi connectivity index (χ4n) is 2.11. The molecule has 1 rings (SSSR count). The van der Waals surface area contributed by atoms with E-state index in [2.05, 4.69) is 17.3 Å². The van der Waals surface area contributed by atoms with Gasteiger partial charge in [-0.05, 0) is 58.3 Å². The van der Waals surface area contributed by atoms with Crippen LogP contribution < -0.4 is 5.32 Å². The molecule has 0 aliphatic carbocycles. The molecule has 0 aromatic heterocycles. The third-order valence-electron chi connectivity index (χ3n) is 2.92. The predicted octanol–water partition coefficient (Wildman–Crippen LogP) is 0.690. The number of unbranched alkanes of at least 4 members (excludes halogenated alkanes) is 1. The Morgan fingerprint density at radius 2 is 2.29 bits per heavy atom. The van der Waals surface area contributed by atoms with Crippen LogP contribution >= 0.6 is 0 Å². The summed E-state index contributed by atoms with van der Waals surface area (Å²) in [6.45, 7) is 5.04. The van der Waals surface area contributed by atoms with Crippen molar-refractivity contribution < 1.29 is 5.11 Å². The molecule has 1 aliphatic heterocycles. The molecule has 1 aliphatic rings. The normalized spacial score (nSPS) is 24.0. The molecule has 0 spiro atoms. The van der Waals surface area contributed by atoms with E-state index in [9.17, 15) is 0 Å². The molecule has 0 aromatic rings. The van der Waals surface area contributed by atoms with E-state index in [1.165, 1.54) is 25.9 Å². The average Bonchev–Trinajstić information content (AvgIpc) is 2.18. The lowest BCUT2D eigenvalue weighted by atomic mass is 9.98. The summed E-state index contributed by atoms with van der Waals surface area (Å²) >= 11 is 0. The van der Waals surface area contributed by atoms with Crippen molar-refractivity contribution in [2.45, 2.75) is 25.7 Å². The van der Waals surface area contributed by atoms with Crippen LogP contribution in [0.3, 0.4) is 0 Å². The molecular weight excluding hydrogens is 176 g/mol. The molecule has 1 unspecified atom stereocenters. The third kappa shape index (κ3) is 4.94. The van der Waals surface area contributed by atoms with Crippen LogP contribution in [0.5, 0.6) is 0 Å². The molecule has 0 saturated carbocycles. The highest BCUT2D eigenvalue weighted by Gasteiger charge is 2.15. The van der Waals surface area contributed by atoms with Crippen molar-refractivity contribution in [3.8, 4) is 0 Å². The third-order valence-corrected chi connectivity index (χ3v) is 2.92. The van der Waals surface area contributed by atoms with Crippen molar-refractivity contribution in [3.63, 3.8) is 0 Å². The maximum atomic E-state index is 8.61. The fraction of sp³-hybridized carbons (Fsp3) is 1.00. The summed E-state index contributed by atoms with van der Waals surface area (Å²) in [4.78, 5) is 2.42. The van der Waals surface area contributed by atoms with E-state index in [-0.39, 0.29) is 0 Å². The second-order valence-corrected chi connectivity index (χ2v) is 4.41. The summed E-state index contributed by atoms with van der Waals surface area (Å²) < 4.78 is 0. The van der Waals surface area contributed by atoms with Crippen molar-refractivity contribution in [1.29, 1.82) is 0 Å². The first-order valence-electron chi connectivity index (χ1n) is 5.83. The minimum atomic E-state index is 0.327. The molecule has 1 heterocycles. The highest BCUT2D eigenvalue weighted by atomic mass is 16.2. The van der Waals surface area contributed by atoms with Gasteiger partial charge in [-0.3, -0.25) is 0 Å². The number of aliphatic hydroxyl groups is 1. The first kappa shape index (κ1) is 12.0. The van der Waals surface area contributed by atoms with E-state index in [0.29, 0.717) is 6.61 Å². The summed E-state index contributed by atoms with van der Waals surface area (Å²) in [5.41, 5.74) is 0. The summed E-state index contributed by atoms with van der Waals surface area (Å²) in [5.74, 6) is 0.836. The average molecular weight is 200 g/mol. The van der Waals surface area contributed by atoms with E-state index in [0.717, 1.165) is 31.8 Å². The number of nitrogens with one attached hydrogen (secondary N) is 1. The molecule has 0 radical (unpaired) electrons. The molecule has 1 fully saturated rings. The van der Waals surface area contributed by atoms with Crippen LogP contribution in [0.15, 0.2) is 0 Å². The number of rotatable bonds is 6. The van der Waals surface area contributed by atoms with Crippen LogP contribution in [0.4, 0.5) is 0 Å². The molecular formula is C11H24N2O. The largest absolute Gasteiger partial charge is 0.396 e. The van der Waals surface area contributed by atoms with E-state index < -0.39 is 0 Å². The van der Waals surface area contributed by atoms with Crippen molar-refractivity contribution >= 4 is 0 Å². The molecule has 84 valence electrons. The quantitative estimate of drug-likeness (QED) is 0.619. The Bertz CT molecular complexity index is 141. The zero-order chi connectivity index (χ0) is 10.2. The van der Waals surface area contributed by atoms with Crippen LogP contribution in [0.25, 0.3) is 0 Å². The Hall–Kier alpha value is -0.120. The van der Waals surface area contributed by atoms with Gasteiger partial charge in [0.2, 0.25) is 0 Å². The number of hydrogen-bond donors (Lipinski definition) is 2. The first-order chi connectivity index (χ1) is 6.83. The zero-order valence-corrected chi connectivity index (χ0v) is 9.34. The highest BCUT2D eigenvalue weighted by Crippen LogP contribution is 2.13. The molecule has 3 nitrogen and oxygen atoms in total. The van der Waals surface area contributed by atoms with Crippen LogP contribution in [0.2, 0.25) is 0 Å². The van der Waals surface area contributed by atoms with Gasteiger partial charge in [0.15, 0.2) is 0 Å². The smallest absolute Gasteiger partial charge is 0.0431 e. The molecule has 0 aromatic carbocycles. The van der Waals surface area contributed by atoms with E-state index in [1.54, 1.807) is 0 Å². The lowest BCUT2D eigenvalue weighted by molar-refractivity contribution is 0.206. The Balaban J connectivity index is 1.95. The maximum absolute atomic E-state index is 8.61. The van der Waals surface area contributed by atoms with E-state index in [1.807, 2.05) is 0 Å². The van der Waals surface area contributed by atoms with Crippen molar-refractivity contribution in [2.24, 2.45) is 5.92 Å². The number of hydrogen-bond acceptors (Lipinski definition) is 3. The van der Waals surface area contributed by atoms with Gasteiger partial charge >= 0.3 is 0 Å². The van der Waals surface area contributed by atoms with Crippen LogP contribution in [0.1, 0.15) is 25.7 Å². The second kappa shape index (κ2) is 7.21. The van der Waals surface area contributed by atoms with Gasteiger partial charge < -0.3 is 15.3 Å². The van der Waals surface area contributed by atoms with Gasteiger partial charge in [0, 0.05) is 13.2 Å². The summed E-state index contributed by atoms with van der Waals surface area (Å²) in [7, 11) is 2.21. The Morgan fingerprint density at radius 1 is 1.43 bits per heavy atom. The van der Waals surface area contributed by atoms with Gasteiger partial charge in [-0.2, -0.15) is 0 Å². The molecule has 1 atom stereocenters. The number of piperidine rings is 1. The number of aliphatic hydroxyl groups excluding tert-OH is 1. The predicted molar refractivity (Wildman–Crippen MR) is 59.4 cm³/mol. The minimum Gasteiger partial charge on any atom is -0.396 e. The Morgan fingerprint density at radius 3 is 3.00 bits per heavy atom. The Labute approximate surface area is 87.5 Å². The Kier molecular flexibility index (Phi) is 6.15. The number of nitrogens with zero attached hydrogens (tertiary/aromatic N) is 1. The second-order valence-electron chi connectivity index (χ2n) is 4.41. The van der Waals surface area contributed by atoms with Crippen molar-refractivity contribution in [3.05, 3.63) is 0 Å². The van der Waals surface area contributed by atoms with Crippen LogP contribution in [-0.2, 0) is 0 Å². The topological polar surface area (TPSA) is 35.5 Å². The summed E-state index contributed by atoms with van der Waals surface area (Å²) in [6, 6.07) is 0. The molecule has 3 heteroatoms. The lowest BCUT2D eigenvalue weighted by Crippen LogP contribution is -2.37. The maximum Gasteiger partial charge on any atom is 0.0431 e.